The number of carboxylic acids is 1. The van der Waals surface area contributed by atoms with Crippen LogP contribution in [-0.2, 0) is 26.0 Å². The van der Waals surface area contributed by atoms with Crippen molar-refractivity contribution in [1.82, 2.24) is 9.21 Å². The Kier molecular flexibility index (Phi) is 10.5. The van der Waals surface area contributed by atoms with Gasteiger partial charge < -0.3 is 14.7 Å². The molecule has 3 atom stereocenters. The topological polar surface area (TPSA) is 107 Å². The van der Waals surface area contributed by atoms with E-state index in [9.17, 15) is 27.5 Å². The summed E-state index contributed by atoms with van der Waals surface area (Å²) in [6.45, 7) is 7.39. The molecule has 0 bridgehead atoms. The van der Waals surface area contributed by atoms with Crippen molar-refractivity contribution in [2.75, 3.05) is 43.4 Å². The van der Waals surface area contributed by atoms with Gasteiger partial charge in [-0.1, -0.05) is 38.8 Å². The molecule has 1 unspecified atom stereocenters. The molecule has 0 aromatic heterocycles. The van der Waals surface area contributed by atoms with Crippen molar-refractivity contribution in [3.8, 4) is 5.75 Å². The fourth-order valence-electron chi connectivity index (χ4n) is 7.50. The minimum atomic E-state index is -3.36. The SMILES string of the molecule is CCCC(CCC)N(C(=O)CN1C[C@H](c2ccc3c(c2)CCO3)[C@@H](C(=O)O)C1CCN1CCCS1(=O)=O)c1ccc(F)c(C)c1. The van der Waals surface area contributed by atoms with Crippen molar-refractivity contribution in [1.29, 1.82) is 0 Å². The minimum absolute atomic E-state index is 0.0217. The van der Waals surface area contributed by atoms with Gasteiger partial charge in [-0.15, -0.1) is 0 Å². The van der Waals surface area contributed by atoms with Crippen LogP contribution in [0, 0.1) is 18.7 Å². The average molecular weight is 644 g/mol. The van der Waals surface area contributed by atoms with E-state index in [2.05, 4.69) is 13.8 Å². The first-order chi connectivity index (χ1) is 21.5. The summed E-state index contributed by atoms with van der Waals surface area (Å²) in [4.78, 5) is 31.1. The minimum Gasteiger partial charge on any atom is -0.493 e. The van der Waals surface area contributed by atoms with Gasteiger partial charge in [0.15, 0.2) is 0 Å². The number of halogens is 1. The monoisotopic (exact) mass is 643 g/mol. The molecule has 0 radical (unpaired) electrons. The van der Waals surface area contributed by atoms with Gasteiger partial charge >= 0.3 is 5.97 Å². The lowest BCUT2D eigenvalue weighted by atomic mass is 9.83. The molecule has 11 heteroatoms. The molecule has 3 aliphatic rings. The third-order valence-electron chi connectivity index (χ3n) is 9.69. The highest BCUT2D eigenvalue weighted by Gasteiger charge is 2.48. The first kappa shape index (κ1) is 33.3. The van der Waals surface area contributed by atoms with Gasteiger partial charge in [0.25, 0.3) is 0 Å². The number of aryl methyl sites for hydroxylation is 1. The average Bonchev–Trinajstić information content (AvgIpc) is 3.70. The fourth-order valence-corrected chi connectivity index (χ4v) is 9.05. The summed E-state index contributed by atoms with van der Waals surface area (Å²) in [5.41, 5.74) is 3.02. The highest BCUT2D eigenvalue weighted by molar-refractivity contribution is 7.89. The number of sulfonamides is 1. The lowest BCUT2D eigenvalue weighted by Crippen LogP contribution is -2.48. The number of amides is 1. The predicted molar refractivity (Wildman–Crippen MR) is 172 cm³/mol. The van der Waals surface area contributed by atoms with Gasteiger partial charge in [0.05, 0.1) is 24.8 Å². The molecule has 3 heterocycles. The van der Waals surface area contributed by atoms with Crippen LogP contribution in [-0.4, -0.2) is 85.2 Å². The quantitative estimate of drug-likeness (QED) is 0.329. The van der Waals surface area contributed by atoms with Crippen LogP contribution in [0.5, 0.6) is 5.75 Å². The first-order valence-corrected chi connectivity index (χ1v) is 17.9. The molecule has 0 aliphatic carbocycles. The van der Waals surface area contributed by atoms with Crippen LogP contribution < -0.4 is 9.64 Å². The summed E-state index contributed by atoms with van der Waals surface area (Å²) in [5, 5.41) is 10.6. The Morgan fingerprint density at radius 1 is 1.13 bits per heavy atom. The maximum absolute atomic E-state index is 14.4. The standard InChI is InChI=1S/C34H46FN3O6S/c1-4-7-26(8-5-2)38(27-10-11-29(35)23(3)19-27)32(39)22-36-21-28(24-9-12-31-25(20-24)14-17-44-31)33(34(40)41)30(36)13-16-37-15-6-18-45(37,42)43/h9-12,19-20,26,28,30,33H,4-8,13-18,21-22H2,1-3H3,(H,40,41)/t28-,30?,33-/m1/s1. The largest absolute Gasteiger partial charge is 0.493 e. The van der Waals surface area contributed by atoms with Crippen LogP contribution in [0.4, 0.5) is 10.1 Å². The van der Waals surface area contributed by atoms with Gasteiger partial charge in [0.2, 0.25) is 15.9 Å². The van der Waals surface area contributed by atoms with Crippen LogP contribution in [0.3, 0.4) is 0 Å². The Morgan fingerprint density at radius 2 is 1.89 bits per heavy atom. The van der Waals surface area contributed by atoms with E-state index in [-0.39, 0.29) is 42.5 Å². The fraction of sp³-hybridized carbons (Fsp3) is 0.588. The molecular formula is C34H46FN3O6S. The maximum atomic E-state index is 14.4. The van der Waals surface area contributed by atoms with E-state index < -0.39 is 28.0 Å². The van der Waals surface area contributed by atoms with Gasteiger partial charge in [-0.2, -0.15) is 0 Å². The second-order valence-corrected chi connectivity index (χ2v) is 14.8. The number of anilines is 1. The summed E-state index contributed by atoms with van der Waals surface area (Å²) in [6.07, 6.45) is 4.92. The third-order valence-corrected chi connectivity index (χ3v) is 11.6. The summed E-state index contributed by atoms with van der Waals surface area (Å²) < 4.78 is 46.7. The molecule has 2 fully saturated rings. The lowest BCUT2D eigenvalue weighted by Gasteiger charge is -2.35. The number of carbonyl (C=O) groups excluding carboxylic acids is 1. The molecule has 2 aromatic rings. The van der Waals surface area contributed by atoms with Crippen molar-refractivity contribution in [3.05, 3.63) is 58.9 Å². The zero-order chi connectivity index (χ0) is 32.3. The Bertz CT molecular complexity index is 1490. The van der Waals surface area contributed by atoms with Gasteiger partial charge in [-0.3, -0.25) is 14.5 Å². The zero-order valence-corrected chi connectivity index (χ0v) is 27.4. The second-order valence-electron chi connectivity index (χ2n) is 12.7. The number of rotatable bonds is 13. The molecule has 9 nitrogen and oxygen atoms in total. The van der Waals surface area contributed by atoms with E-state index >= 15 is 0 Å². The van der Waals surface area contributed by atoms with E-state index in [1.165, 1.54) is 10.4 Å². The van der Waals surface area contributed by atoms with Gasteiger partial charge in [0, 0.05) is 49.7 Å². The van der Waals surface area contributed by atoms with Crippen LogP contribution >= 0.6 is 0 Å². The summed E-state index contributed by atoms with van der Waals surface area (Å²) in [6, 6.07) is 9.96. The van der Waals surface area contributed by atoms with E-state index in [0.29, 0.717) is 43.8 Å². The van der Waals surface area contributed by atoms with Gasteiger partial charge in [0.1, 0.15) is 11.6 Å². The second kappa shape index (κ2) is 14.2. The molecule has 1 amide bonds. The number of likely N-dealkylation sites (tertiary alicyclic amines) is 1. The number of hydrogen-bond acceptors (Lipinski definition) is 6. The Hall–Kier alpha value is -3.02. The van der Waals surface area contributed by atoms with Crippen molar-refractivity contribution in [2.24, 2.45) is 5.92 Å². The normalized spacial score (nSPS) is 22.9. The smallest absolute Gasteiger partial charge is 0.308 e. The molecule has 3 aliphatic heterocycles. The Labute approximate surface area is 266 Å². The Morgan fingerprint density at radius 3 is 2.53 bits per heavy atom. The number of aliphatic carboxylic acids is 1. The molecule has 2 saturated heterocycles. The number of carboxylic acid groups (broad SMARTS) is 1. The van der Waals surface area contributed by atoms with Crippen LogP contribution in [0.2, 0.25) is 0 Å². The molecule has 45 heavy (non-hydrogen) atoms. The van der Waals surface area contributed by atoms with E-state index in [1.807, 2.05) is 23.1 Å². The van der Waals surface area contributed by atoms with E-state index in [1.54, 1.807) is 24.0 Å². The first-order valence-electron chi connectivity index (χ1n) is 16.3. The lowest BCUT2D eigenvalue weighted by molar-refractivity contribution is -0.143. The van der Waals surface area contributed by atoms with Gasteiger partial charge in [-0.05, 0) is 73.6 Å². The predicted octanol–water partition coefficient (Wildman–Crippen LogP) is 4.97. The highest BCUT2D eigenvalue weighted by Crippen LogP contribution is 2.41. The number of hydrogen-bond donors (Lipinski definition) is 1. The van der Waals surface area contributed by atoms with Crippen LogP contribution in [0.1, 0.15) is 75.0 Å². The Balaban J connectivity index is 1.49. The number of fused-ring (bicyclic) bond motifs is 1. The highest BCUT2D eigenvalue weighted by atomic mass is 32.2. The molecule has 5 rings (SSSR count). The zero-order valence-electron chi connectivity index (χ0n) is 26.6. The number of benzene rings is 2. The number of ether oxygens (including phenoxy) is 1. The summed E-state index contributed by atoms with van der Waals surface area (Å²) >= 11 is 0. The van der Waals surface area contributed by atoms with Crippen molar-refractivity contribution in [3.63, 3.8) is 0 Å². The number of carbonyl (C=O) groups is 2. The van der Waals surface area contributed by atoms with E-state index in [0.717, 1.165) is 49.0 Å². The summed E-state index contributed by atoms with van der Waals surface area (Å²) in [5.74, 6) is -1.76. The van der Waals surface area contributed by atoms with Gasteiger partial charge in [-0.25, -0.2) is 17.1 Å². The third kappa shape index (κ3) is 7.20. The molecule has 0 saturated carbocycles. The molecule has 2 aromatic carbocycles. The summed E-state index contributed by atoms with van der Waals surface area (Å²) in [7, 11) is -3.36. The molecule has 246 valence electrons. The molecular weight excluding hydrogens is 597 g/mol. The number of nitrogens with zero attached hydrogens (tertiary/aromatic N) is 3. The molecule has 1 N–H and O–H groups in total. The van der Waals surface area contributed by atoms with Crippen molar-refractivity contribution >= 4 is 27.6 Å². The molecule has 0 spiro atoms. The van der Waals surface area contributed by atoms with Crippen molar-refractivity contribution < 1.29 is 32.2 Å². The van der Waals surface area contributed by atoms with E-state index in [4.69, 9.17) is 4.74 Å². The van der Waals surface area contributed by atoms with Crippen molar-refractivity contribution in [2.45, 2.75) is 83.7 Å². The maximum Gasteiger partial charge on any atom is 0.308 e. The van der Waals surface area contributed by atoms with Crippen LogP contribution in [0.25, 0.3) is 0 Å². The van der Waals surface area contributed by atoms with Crippen LogP contribution in [0.15, 0.2) is 36.4 Å².